The minimum Gasteiger partial charge on any atom is -0.495 e. The highest BCUT2D eigenvalue weighted by Gasteiger charge is 2.29. The molecule has 1 aliphatic rings. The monoisotopic (exact) mass is 478 g/mol. The third kappa shape index (κ3) is 3.82. The van der Waals surface area contributed by atoms with Crippen LogP contribution in [-0.4, -0.2) is 38.8 Å². The summed E-state index contributed by atoms with van der Waals surface area (Å²) in [4.78, 5) is 13.2. The van der Waals surface area contributed by atoms with Gasteiger partial charge in [0.15, 0.2) is 5.76 Å². The number of ether oxygens (including phenoxy) is 1. The number of methoxy groups -OCH3 is 1. The molecule has 3 aromatic carbocycles. The Labute approximate surface area is 198 Å². The number of benzene rings is 3. The van der Waals surface area contributed by atoms with Crippen molar-refractivity contribution in [2.75, 3.05) is 25.5 Å². The second kappa shape index (κ2) is 8.77. The van der Waals surface area contributed by atoms with Crippen molar-refractivity contribution in [3.8, 4) is 5.75 Å². The van der Waals surface area contributed by atoms with E-state index in [1.165, 1.54) is 17.5 Å². The molecular weight excluding hydrogens is 452 g/mol. The van der Waals surface area contributed by atoms with Crippen LogP contribution in [-0.2, 0) is 10.0 Å². The van der Waals surface area contributed by atoms with Gasteiger partial charge in [0.2, 0.25) is 10.0 Å². The molecule has 1 amide bonds. The summed E-state index contributed by atoms with van der Waals surface area (Å²) in [5.41, 5.74) is 1.74. The first-order chi connectivity index (χ1) is 16.4. The fourth-order valence-electron chi connectivity index (χ4n) is 4.55. The maximum Gasteiger partial charge on any atom is 0.291 e. The van der Waals surface area contributed by atoms with Crippen LogP contribution in [0.1, 0.15) is 35.4 Å². The van der Waals surface area contributed by atoms with Gasteiger partial charge in [0.25, 0.3) is 5.91 Å². The SMILES string of the molecule is COc1ccc(NC(=O)c2oc3c(ccc4ccccc43)c2C)cc1S(=O)(=O)N1CCCCC1. The molecule has 1 aliphatic heterocycles. The van der Waals surface area contributed by atoms with Crippen LogP contribution in [0.5, 0.6) is 5.75 Å². The standard InChI is InChI=1S/C26H26N2O5S/c1-17-20-12-10-18-8-4-5-9-21(18)25(20)33-24(17)26(29)27-19-11-13-22(32-2)23(16-19)34(30,31)28-14-6-3-7-15-28/h4-5,8-13,16H,3,6-7,14-15H2,1-2H3,(H,27,29). The molecule has 4 aromatic rings. The zero-order valence-corrected chi connectivity index (χ0v) is 19.9. The van der Waals surface area contributed by atoms with Crippen LogP contribution in [0.4, 0.5) is 5.69 Å². The Balaban J connectivity index is 1.49. The van der Waals surface area contributed by atoms with Crippen molar-refractivity contribution < 1.29 is 22.4 Å². The van der Waals surface area contributed by atoms with Crippen LogP contribution in [0.25, 0.3) is 21.7 Å². The van der Waals surface area contributed by atoms with Crippen LogP contribution < -0.4 is 10.1 Å². The normalized spacial score (nSPS) is 15.0. The van der Waals surface area contributed by atoms with Crippen molar-refractivity contribution >= 4 is 43.4 Å². The number of carbonyl (C=O) groups excluding carboxylic acids is 1. The van der Waals surface area contributed by atoms with E-state index in [2.05, 4.69) is 5.32 Å². The van der Waals surface area contributed by atoms with Gasteiger partial charge in [0.05, 0.1) is 7.11 Å². The number of rotatable bonds is 5. The smallest absolute Gasteiger partial charge is 0.291 e. The molecular formula is C26H26N2O5S. The lowest BCUT2D eigenvalue weighted by atomic mass is 10.1. The number of furan rings is 1. The third-order valence-corrected chi connectivity index (χ3v) is 8.31. The Morgan fingerprint density at radius 2 is 1.76 bits per heavy atom. The van der Waals surface area contributed by atoms with Crippen molar-refractivity contribution in [3.05, 3.63) is 65.9 Å². The zero-order valence-electron chi connectivity index (χ0n) is 19.1. The number of nitrogens with zero attached hydrogens (tertiary/aromatic N) is 1. The molecule has 0 unspecified atom stereocenters. The molecule has 1 saturated heterocycles. The Kier molecular flexibility index (Phi) is 5.79. The van der Waals surface area contributed by atoms with Crippen LogP contribution >= 0.6 is 0 Å². The van der Waals surface area contributed by atoms with Gasteiger partial charge >= 0.3 is 0 Å². The van der Waals surface area contributed by atoms with E-state index < -0.39 is 15.9 Å². The molecule has 1 aromatic heterocycles. The number of piperidine rings is 1. The number of anilines is 1. The maximum absolute atomic E-state index is 13.3. The molecule has 176 valence electrons. The van der Waals surface area contributed by atoms with E-state index in [0.29, 0.717) is 24.4 Å². The highest BCUT2D eigenvalue weighted by atomic mass is 32.2. The lowest BCUT2D eigenvalue weighted by molar-refractivity contribution is 0.0998. The maximum atomic E-state index is 13.3. The molecule has 0 radical (unpaired) electrons. The van der Waals surface area contributed by atoms with Gasteiger partial charge in [0, 0.05) is 35.1 Å². The number of amides is 1. The summed E-state index contributed by atoms with van der Waals surface area (Å²) in [6.45, 7) is 2.80. The van der Waals surface area contributed by atoms with Gasteiger partial charge in [0.1, 0.15) is 16.2 Å². The molecule has 0 aliphatic carbocycles. The molecule has 0 saturated carbocycles. The van der Waals surface area contributed by atoms with Gasteiger partial charge in [-0.2, -0.15) is 4.31 Å². The number of hydrogen-bond donors (Lipinski definition) is 1. The third-order valence-electron chi connectivity index (χ3n) is 6.39. The van der Waals surface area contributed by atoms with Crippen molar-refractivity contribution in [2.45, 2.75) is 31.1 Å². The molecule has 8 heteroatoms. The highest BCUT2D eigenvalue weighted by molar-refractivity contribution is 7.89. The lowest BCUT2D eigenvalue weighted by Gasteiger charge is -2.26. The van der Waals surface area contributed by atoms with E-state index >= 15 is 0 Å². The summed E-state index contributed by atoms with van der Waals surface area (Å²) < 4.78 is 39.4. The van der Waals surface area contributed by atoms with Gasteiger partial charge in [-0.1, -0.05) is 42.8 Å². The quantitative estimate of drug-likeness (QED) is 0.419. The van der Waals surface area contributed by atoms with Crippen LogP contribution in [0.15, 0.2) is 63.9 Å². The van der Waals surface area contributed by atoms with Crippen molar-refractivity contribution in [2.24, 2.45) is 0 Å². The van der Waals surface area contributed by atoms with Crippen LogP contribution in [0.2, 0.25) is 0 Å². The number of fused-ring (bicyclic) bond motifs is 3. The summed E-state index contributed by atoms with van der Waals surface area (Å²) in [6, 6.07) is 16.4. The number of aryl methyl sites for hydroxylation is 1. The molecule has 0 atom stereocenters. The molecule has 1 fully saturated rings. The topological polar surface area (TPSA) is 88.8 Å². The molecule has 0 spiro atoms. The van der Waals surface area contributed by atoms with Gasteiger partial charge in [-0.3, -0.25) is 4.79 Å². The first-order valence-electron chi connectivity index (χ1n) is 11.3. The second-order valence-corrected chi connectivity index (χ2v) is 10.4. The molecule has 34 heavy (non-hydrogen) atoms. The first kappa shape index (κ1) is 22.4. The first-order valence-corrected chi connectivity index (χ1v) is 12.7. The summed E-state index contributed by atoms with van der Waals surface area (Å²) in [6.07, 6.45) is 2.68. The predicted octanol–water partition coefficient (Wildman–Crippen LogP) is 5.33. The van der Waals surface area contributed by atoms with E-state index in [9.17, 15) is 13.2 Å². The molecule has 7 nitrogen and oxygen atoms in total. The summed E-state index contributed by atoms with van der Waals surface area (Å²) in [7, 11) is -2.31. The Hall–Kier alpha value is -3.36. The number of carbonyl (C=O) groups is 1. The Bertz CT molecular complexity index is 1500. The summed E-state index contributed by atoms with van der Waals surface area (Å²) >= 11 is 0. The fourth-order valence-corrected chi connectivity index (χ4v) is 6.25. The van der Waals surface area contributed by atoms with Gasteiger partial charge in [-0.15, -0.1) is 0 Å². The minimum atomic E-state index is -3.75. The number of hydrogen-bond acceptors (Lipinski definition) is 5. The van der Waals surface area contributed by atoms with Crippen molar-refractivity contribution in [1.29, 1.82) is 0 Å². The second-order valence-electron chi connectivity index (χ2n) is 8.50. The van der Waals surface area contributed by atoms with E-state index in [0.717, 1.165) is 41.0 Å². The highest BCUT2D eigenvalue weighted by Crippen LogP contribution is 2.34. The molecule has 1 N–H and O–H groups in total. The van der Waals surface area contributed by atoms with Gasteiger partial charge in [-0.25, -0.2) is 8.42 Å². The lowest BCUT2D eigenvalue weighted by Crippen LogP contribution is -2.35. The Morgan fingerprint density at radius 3 is 2.53 bits per heavy atom. The van der Waals surface area contributed by atoms with Crippen molar-refractivity contribution in [1.82, 2.24) is 4.31 Å². The Morgan fingerprint density at radius 1 is 1.00 bits per heavy atom. The van der Waals surface area contributed by atoms with E-state index in [-0.39, 0.29) is 16.4 Å². The summed E-state index contributed by atoms with van der Waals surface area (Å²) in [5, 5.41) is 5.63. The minimum absolute atomic E-state index is 0.0435. The average Bonchev–Trinajstić information content (AvgIpc) is 3.21. The van der Waals surface area contributed by atoms with E-state index in [4.69, 9.17) is 9.15 Å². The largest absolute Gasteiger partial charge is 0.495 e. The number of nitrogens with one attached hydrogen (secondary N) is 1. The molecule has 5 rings (SSSR count). The van der Waals surface area contributed by atoms with Crippen LogP contribution in [0.3, 0.4) is 0 Å². The zero-order chi connectivity index (χ0) is 23.9. The fraction of sp³-hybridized carbons (Fsp3) is 0.269. The summed E-state index contributed by atoms with van der Waals surface area (Å²) in [5.74, 6) is 0.00170. The van der Waals surface area contributed by atoms with Gasteiger partial charge < -0.3 is 14.5 Å². The van der Waals surface area contributed by atoms with Crippen molar-refractivity contribution in [3.63, 3.8) is 0 Å². The van der Waals surface area contributed by atoms with E-state index in [1.54, 1.807) is 12.1 Å². The van der Waals surface area contributed by atoms with Crippen LogP contribution in [0, 0.1) is 6.92 Å². The molecule has 0 bridgehead atoms. The van der Waals surface area contributed by atoms with E-state index in [1.807, 2.05) is 43.3 Å². The van der Waals surface area contributed by atoms with Gasteiger partial charge in [-0.05, 0) is 43.4 Å². The number of sulfonamides is 1. The predicted molar refractivity (Wildman–Crippen MR) is 132 cm³/mol. The molecule has 2 heterocycles. The average molecular weight is 479 g/mol.